The third kappa shape index (κ3) is 5.26. The summed E-state index contributed by atoms with van der Waals surface area (Å²) in [5.41, 5.74) is 7.15. The van der Waals surface area contributed by atoms with Crippen molar-refractivity contribution in [2.45, 2.75) is 24.9 Å². The average molecular weight is 570 g/mol. The summed E-state index contributed by atoms with van der Waals surface area (Å²) in [6.07, 6.45) is 0. The van der Waals surface area contributed by atoms with Gasteiger partial charge in [0.15, 0.2) is 5.78 Å². The second-order valence-electron chi connectivity index (χ2n) is 10.2. The highest BCUT2D eigenvalue weighted by Crippen LogP contribution is 2.52. The van der Waals surface area contributed by atoms with Crippen LogP contribution in [0.3, 0.4) is 0 Å². The smallest absolute Gasteiger partial charge is 0.269 e. The Morgan fingerprint density at radius 1 is 0.810 bits per heavy atom. The van der Waals surface area contributed by atoms with Gasteiger partial charge in [0, 0.05) is 29.2 Å². The number of benzene rings is 4. The molecule has 0 bridgehead atoms. The van der Waals surface area contributed by atoms with E-state index in [-0.39, 0.29) is 22.4 Å². The number of non-ortho nitro benzene ring substituents is 1. The van der Waals surface area contributed by atoms with Gasteiger partial charge < -0.3 is 10.6 Å². The first-order valence-electron chi connectivity index (χ1n) is 13.0. The van der Waals surface area contributed by atoms with Gasteiger partial charge in [0.2, 0.25) is 5.91 Å². The normalized spacial score (nSPS) is 19.8. The van der Waals surface area contributed by atoms with Gasteiger partial charge in [-0.05, 0) is 54.4 Å². The Labute approximate surface area is 239 Å². The average Bonchev–Trinajstić information content (AvgIpc) is 3.33. The maximum atomic E-state index is 14.4. The Balaban J connectivity index is 1.81. The molecule has 1 fully saturated rings. The van der Waals surface area contributed by atoms with Gasteiger partial charge in [-0.1, -0.05) is 54.1 Å². The summed E-state index contributed by atoms with van der Waals surface area (Å²) >= 11 is 0. The molecule has 4 aromatic carbocycles. The molecule has 0 aromatic heterocycles. The zero-order valence-corrected chi connectivity index (χ0v) is 22.3. The number of nitrogens with two attached hydrogens (primary N) is 1. The minimum Gasteiger partial charge on any atom is -0.368 e. The van der Waals surface area contributed by atoms with E-state index >= 15 is 0 Å². The van der Waals surface area contributed by atoms with Crippen LogP contribution in [0.2, 0.25) is 0 Å². The standard InChI is InChI=1S/C32H25F2N3O5/c1-18-5-2-7-21(15-18)30(38)27-26(19-11-13-23(33)14-12-19)29(31(35)39)36(32(40)22-8-3-9-24(34)16-22)28(27)20-6-4-10-25(17-20)37(41)42/h2-17,26-29H,1H3,(H2,35,39). The lowest BCUT2D eigenvalue weighted by atomic mass is 9.76. The van der Waals surface area contributed by atoms with Crippen LogP contribution in [0.5, 0.6) is 0 Å². The molecule has 8 nitrogen and oxygen atoms in total. The van der Waals surface area contributed by atoms with Crippen LogP contribution in [-0.2, 0) is 4.79 Å². The van der Waals surface area contributed by atoms with Crippen LogP contribution in [0, 0.1) is 34.6 Å². The Bertz CT molecular complexity index is 1710. The highest BCUT2D eigenvalue weighted by molar-refractivity contribution is 6.04. The van der Waals surface area contributed by atoms with Gasteiger partial charge in [-0.15, -0.1) is 0 Å². The number of likely N-dealkylation sites (tertiary alicyclic amines) is 1. The fraction of sp³-hybridized carbons (Fsp3) is 0.156. The van der Waals surface area contributed by atoms with E-state index in [2.05, 4.69) is 0 Å². The van der Waals surface area contributed by atoms with Crippen molar-refractivity contribution in [1.29, 1.82) is 0 Å². The van der Waals surface area contributed by atoms with E-state index < -0.39 is 58.1 Å². The molecule has 42 heavy (non-hydrogen) atoms. The highest BCUT2D eigenvalue weighted by atomic mass is 19.1. The summed E-state index contributed by atoms with van der Waals surface area (Å²) in [5.74, 6) is -5.73. The molecule has 2 N–H and O–H groups in total. The largest absolute Gasteiger partial charge is 0.368 e. The van der Waals surface area contributed by atoms with Crippen molar-refractivity contribution in [2.75, 3.05) is 0 Å². The summed E-state index contributed by atoms with van der Waals surface area (Å²) in [6.45, 7) is 1.80. The number of nitro benzene ring substituents is 1. The van der Waals surface area contributed by atoms with E-state index in [4.69, 9.17) is 5.73 Å². The second kappa shape index (κ2) is 11.3. The van der Waals surface area contributed by atoms with E-state index in [1.165, 1.54) is 60.7 Å². The van der Waals surface area contributed by atoms with Crippen molar-refractivity contribution in [3.05, 3.63) is 147 Å². The van der Waals surface area contributed by atoms with Gasteiger partial charge >= 0.3 is 0 Å². The van der Waals surface area contributed by atoms with Crippen LogP contribution in [0.15, 0.2) is 97.1 Å². The monoisotopic (exact) mass is 569 g/mol. The second-order valence-corrected chi connectivity index (χ2v) is 10.2. The van der Waals surface area contributed by atoms with Gasteiger partial charge in [0.1, 0.15) is 17.7 Å². The number of Topliss-reactive ketones (excluding diaryl/α,β-unsaturated/α-hetero) is 1. The Hall–Kier alpha value is -5.25. The van der Waals surface area contributed by atoms with Crippen molar-refractivity contribution in [3.8, 4) is 0 Å². The topological polar surface area (TPSA) is 124 Å². The predicted molar refractivity (Wildman–Crippen MR) is 150 cm³/mol. The van der Waals surface area contributed by atoms with Gasteiger partial charge in [0.05, 0.1) is 16.9 Å². The molecule has 4 unspecified atom stereocenters. The van der Waals surface area contributed by atoms with E-state index in [1.807, 2.05) is 0 Å². The van der Waals surface area contributed by atoms with Crippen molar-refractivity contribution >= 4 is 23.3 Å². The zero-order valence-electron chi connectivity index (χ0n) is 22.3. The molecule has 212 valence electrons. The Morgan fingerprint density at radius 2 is 1.48 bits per heavy atom. The predicted octanol–water partition coefficient (Wildman–Crippen LogP) is 5.52. The van der Waals surface area contributed by atoms with Crippen LogP contribution >= 0.6 is 0 Å². The molecule has 1 aliphatic heterocycles. The van der Waals surface area contributed by atoms with Gasteiger partial charge in [-0.2, -0.15) is 0 Å². The van der Waals surface area contributed by atoms with E-state index in [0.717, 1.165) is 22.6 Å². The summed E-state index contributed by atoms with van der Waals surface area (Å²) in [6, 6.07) is 19.5. The lowest BCUT2D eigenvalue weighted by molar-refractivity contribution is -0.385. The number of aryl methyl sites for hydroxylation is 1. The van der Waals surface area contributed by atoms with Crippen LogP contribution in [0.4, 0.5) is 14.5 Å². The molecular formula is C32H25F2N3O5. The molecule has 0 aliphatic carbocycles. The van der Waals surface area contributed by atoms with Gasteiger partial charge in [-0.3, -0.25) is 24.5 Å². The zero-order chi connectivity index (χ0) is 30.1. The first kappa shape index (κ1) is 28.3. The number of halogens is 2. The fourth-order valence-electron chi connectivity index (χ4n) is 5.81. The van der Waals surface area contributed by atoms with Crippen molar-refractivity contribution in [3.63, 3.8) is 0 Å². The summed E-state index contributed by atoms with van der Waals surface area (Å²) in [5, 5.41) is 11.7. The fourth-order valence-corrected chi connectivity index (χ4v) is 5.81. The van der Waals surface area contributed by atoms with Crippen molar-refractivity contribution in [2.24, 2.45) is 11.7 Å². The molecule has 0 saturated carbocycles. The summed E-state index contributed by atoms with van der Waals surface area (Å²) in [7, 11) is 0. The van der Waals surface area contributed by atoms with Crippen LogP contribution < -0.4 is 5.73 Å². The first-order chi connectivity index (χ1) is 20.1. The summed E-state index contributed by atoms with van der Waals surface area (Å²) in [4.78, 5) is 54.0. The molecule has 10 heteroatoms. The number of carbonyl (C=O) groups is 3. The van der Waals surface area contributed by atoms with Crippen LogP contribution in [0.25, 0.3) is 0 Å². The van der Waals surface area contributed by atoms with Gasteiger partial charge in [0.25, 0.3) is 11.6 Å². The lowest BCUT2D eigenvalue weighted by Gasteiger charge is -2.31. The number of rotatable bonds is 7. The van der Waals surface area contributed by atoms with Gasteiger partial charge in [-0.25, -0.2) is 8.78 Å². The SMILES string of the molecule is Cc1cccc(C(=O)C2C(c3ccc(F)cc3)C(C(N)=O)N(C(=O)c3cccc(F)c3)C2c2cccc([N+](=O)[O-])c2)c1. The van der Waals surface area contributed by atoms with Crippen molar-refractivity contribution < 1.29 is 28.1 Å². The quantitative estimate of drug-likeness (QED) is 0.178. The van der Waals surface area contributed by atoms with Crippen LogP contribution in [0.1, 0.15) is 49.4 Å². The Kier molecular flexibility index (Phi) is 7.62. The molecule has 4 atom stereocenters. The molecule has 0 spiro atoms. The molecule has 0 radical (unpaired) electrons. The number of nitro groups is 1. The molecule has 2 amide bonds. The first-order valence-corrected chi connectivity index (χ1v) is 13.0. The number of carbonyl (C=O) groups excluding carboxylic acids is 3. The Morgan fingerprint density at radius 3 is 2.12 bits per heavy atom. The number of hydrogen-bond acceptors (Lipinski definition) is 5. The maximum absolute atomic E-state index is 14.4. The minimum atomic E-state index is -1.45. The summed E-state index contributed by atoms with van der Waals surface area (Å²) < 4.78 is 28.2. The minimum absolute atomic E-state index is 0.113. The molecule has 1 saturated heterocycles. The van der Waals surface area contributed by atoms with Crippen LogP contribution in [-0.4, -0.2) is 33.5 Å². The molecule has 1 heterocycles. The van der Waals surface area contributed by atoms with E-state index in [0.29, 0.717) is 5.56 Å². The number of ketones is 1. The number of primary amides is 1. The van der Waals surface area contributed by atoms with E-state index in [1.54, 1.807) is 31.2 Å². The lowest BCUT2D eigenvalue weighted by Crippen LogP contribution is -2.46. The molecule has 5 rings (SSSR count). The number of nitrogens with zero attached hydrogens (tertiary/aromatic N) is 2. The van der Waals surface area contributed by atoms with E-state index in [9.17, 15) is 33.3 Å². The third-order valence-electron chi connectivity index (χ3n) is 7.55. The molecular weight excluding hydrogens is 544 g/mol. The number of hydrogen-bond donors (Lipinski definition) is 1. The molecule has 1 aliphatic rings. The van der Waals surface area contributed by atoms with Crippen molar-refractivity contribution in [1.82, 2.24) is 4.90 Å². The highest BCUT2D eigenvalue weighted by Gasteiger charge is 2.57. The molecule has 4 aromatic rings. The third-order valence-corrected chi connectivity index (χ3v) is 7.55. The number of amides is 2. The maximum Gasteiger partial charge on any atom is 0.269 e.